The molecular weight excluding hydrogens is 381 g/mol. The van der Waals surface area contributed by atoms with Crippen molar-refractivity contribution < 1.29 is 27.7 Å². The van der Waals surface area contributed by atoms with Crippen molar-refractivity contribution in [3.63, 3.8) is 0 Å². The zero-order valence-corrected chi connectivity index (χ0v) is 15.2. The number of nitrogens with one attached hydrogen (secondary N) is 2. The van der Waals surface area contributed by atoms with E-state index in [4.69, 9.17) is 0 Å². The van der Waals surface area contributed by atoms with Crippen LogP contribution in [0.1, 0.15) is 30.1 Å². The van der Waals surface area contributed by atoms with E-state index in [9.17, 15) is 32.9 Å². The molecule has 0 aromatic heterocycles. The Labute approximate surface area is 159 Å². The molecule has 11 heteroatoms. The van der Waals surface area contributed by atoms with Crippen molar-refractivity contribution in [3.05, 3.63) is 33.9 Å². The third-order valence-corrected chi connectivity index (χ3v) is 4.45. The molecule has 1 saturated heterocycles. The number of nitrogens with zero attached hydrogens (tertiary/aromatic N) is 2. The van der Waals surface area contributed by atoms with Gasteiger partial charge in [-0.2, -0.15) is 13.2 Å². The number of alkyl halides is 3. The van der Waals surface area contributed by atoms with Gasteiger partial charge >= 0.3 is 6.18 Å². The van der Waals surface area contributed by atoms with E-state index in [0.29, 0.717) is 24.7 Å². The molecule has 28 heavy (non-hydrogen) atoms. The predicted octanol–water partition coefficient (Wildman–Crippen LogP) is 2.24. The molecule has 2 rings (SSSR count). The van der Waals surface area contributed by atoms with Crippen molar-refractivity contribution in [1.29, 1.82) is 0 Å². The number of carbonyl (C=O) groups excluding carboxylic acids is 2. The number of hydrogen-bond acceptors (Lipinski definition) is 5. The Bertz CT molecular complexity index is 746. The summed E-state index contributed by atoms with van der Waals surface area (Å²) < 4.78 is 36.1. The van der Waals surface area contributed by atoms with Gasteiger partial charge in [-0.3, -0.25) is 19.7 Å². The number of rotatable bonds is 6. The fourth-order valence-corrected chi connectivity index (χ4v) is 2.85. The fraction of sp³-hybridized carbons (Fsp3) is 0.529. The van der Waals surface area contributed by atoms with E-state index in [1.807, 2.05) is 4.90 Å². The third-order valence-electron chi connectivity index (χ3n) is 4.45. The van der Waals surface area contributed by atoms with Crippen LogP contribution in [-0.2, 0) is 4.79 Å². The van der Waals surface area contributed by atoms with Crippen LogP contribution < -0.4 is 15.5 Å². The Hall–Kier alpha value is -2.85. The van der Waals surface area contributed by atoms with Gasteiger partial charge in [0.1, 0.15) is 12.2 Å². The van der Waals surface area contributed by atoms with Gasteiger partial charge < -0.3 is 15.5 Å². The summed E-state index contributed by atoms with van der Waals surface area (Å²) in [5.41, 5.74) is 0.129. The fourth-order valence-electron chi connectivity index (χ4n) is 2.85. The van der Waals surface area contributed by atoms with Crippen LogP contribution in [0.4, 0.5) is 24.5 Å². The molecule has 0 unspecified atom stereocenters. The molecule has 154 valence electrons. The maximum atomic E-state index is 12.1. The molecule has 0 spiro atoms. The van der Waals surface area contributed by atoms with E-state index in [0.717, 1.165) is 18.9 Å². The number of nitro benzene ring substituents is 1. The van der Waals surface area contributed by atoms with E-state index in [-0.39, 0.29) is 11.3 Å². The second-order valence-corrected chi connectivity index (χ2v) is 6.70. The number of anilines is 1. The molecule has 1 aromatic carbocycles. The molecule has 1 aliphatic rings. The second-order valence-electron chi connectivity index (χ2n) is 6.70. The lowest BCUT2D eigenvalue weighted by molar-refractivity contribution is -0.384. The standard InChI is InChI=1S/C17H21F3N4O4/c1-11-4-6-23(7-5-11)13-3-2-12(8-14(13)24(27)28)16(26)21-9-15(25)22-10-17(18,19)20/h2-3,8,11H,4-7,9-10H2,1H3,(H,21,26)(H,22,25). The summed E-state index contributed by atoms with van der Waals surface area (Å²) in [5.74, 6) is -1.26. The Balaban J connectivity index is 2.03. The first-order valence-electron chi connectivity index (χ1n) is 8.72. The van der Waals surface area contributed by atoms with Crippen LogP contribution >= 0.6 is 0 Å². The largest absolute Gasteiger partial charge is 0.405 e. The Kier molecular flexibility index (Phi) is 6.81. The molecule has 2 N–H and O–H groups in total. The molecule has 2 amide bonds. The lowest BCUT2D eigenvalue weighted by Crippen LogP contribution is -2.40. The normalized spacial score (nSPS) is 15.2. The van der Waals surface area contributed by atoms with Crippen molar-refractivity contribution in [2.75, 3.05) is 31.1 Å². The van der Waals surface area contributed by atoms with Gasteiger partial charge in [0, 0.05) is 24.7 Å². The van der Waals surface area contributed by atoms with Crippen molar-refractivity contribution in [3.8, 4) is 0 Å². The van der Waals surface area contributed by atoms with E-state index in [1.54, 1.807) is 5.32 Å². The molecule has 0 saturated carbocycles. The van der Waals surface area contributed by atoms with Crippen LogP contribution in [0.2, 0.25) is 0 Å². The average molecular weight is 402 g/mol. The van der Waals surface area contributed by atoms with Crippen molar-refractivity contribution in [2.45, 2.75) is 25.9 Å². The van der Waals surface area contributed by atoms with E-state index in [2.05, 4.69) is 12.2 Å². The minimum absolute atomic E-state index is 0.0514. The van der Waals surface area contributed by atoms with Crippen LogP contribution in [0.15, 0.2) is 18.2 Å². The van der Waals surface area contributed by atoms with E-state index >= 15 is 0 Å². The predicted molar refractivity (Wildman–Crippen MR) is 95.1 cm³/mol. The van der Waals surface area contributed by atoms with Crippen molar-refractivity contribution in [2.24, 2.45) is 5.92 Å². The summed E-state index contributed by atoms with van der Waals surface area (Å²) in [6.45, 7) is 1.29. The zero-order valence-electron chi connectivity index (χ0n) is 15.2. The summed E-state index contributed by atoms with van der Waals surface area (Å²) in [6.07, 6.45) is -2.73. The minimum Gasteiger partial charge on any atom is -0.366 e. The van der Waals surface area contributed by atoms with Gasteiger partial charge in [-0.1, -0.05) is 6.92 Å². The molecule has 0 aliphatic carbocycles. The van der Waals surface area contributed by atoms with Crippen LogP contribution in [0, 0.1) is 16.0 Å². The van der Waals surface area contributed by atoms with Crippen molar-refractivity contribution in [1.82, 2.24) is 10.6 Å². The molecule has 0 atom stereocenters. The number of carbonyl (C=O) groups is 2. The number of hydrogen-bond donors (Lipinski definition) is 2. The maximum absolute atomic E-state index is 12.1. The Morgan fingerprint density at radius 2 is 1.89 bits per heavy atom. The quantitative estimate of drug-likeness (QED) is 0.561. The molecule has 1 aromatic rings. The first-order chi connectivity index (χ1) is 13.1. The van der Waals surface area contributed by atoms with E-state index < -0.39 is 36.0 Å². The third kappa shape index (κ3) is 6.10. The lowest BCUT2D eigenvalue weighted by atomic mass is 9.98. The summed E-state index contributed by atoms with van der Waals surface area (Å²) in [4.78, 5) is 36.2. The highest BCUT2D eigenvalue weighted by molar-refractivity contribution is 5.97. The summed E-state index contributed by atoms with van der Waals surface area (Å²) >= 11 is 0. The van der Waals surface area contributed by atoms with E-state index in [1.165, 1.54) is 12.1 Å². The molecule has 1 heterocycles. The topological polar surface area (TPSA) is 105 Å². The first kappa shape index (κ1) is 21.5. The molecule has 0 bridgehead atoms. The van der Waals surface area contributed by atoms with Gasteiger partial charge in [0.25, 0.3) is 11.6 Å². The van der Waals surface area contributed by atoms with Crippen molar-refractivity contribution >= 4 is 23.2 Å². The monoisotopic (exact) mass is 402 g/mol. The maximum Gasteiger partial charge on any atom is 0.405 e. The van der Waals surface area contributed by atoms with Gasteiger partial charge in [0.2, 0.25) is 5.91 Å². The highest BCUT2D eigenvalue weighted by Gasteiger charge is 2.28. The smallest absolute Gasteiger partial charge is 0.366 e. The minimum atomic E-state index is -4.55. The van der Waals surface area contributed by atoms with Gasteiger partial charge in [-0.05, 0) is 30.9 Å². The number of nitro groups is 1. The second kappa shape index (κ2) is 8.89. The SMILES string of the molecule is CC1CCN(c2ccc(C(=O)NCC(=O)NCC(F)(F)F)cc2[N+](=O)[O-])CC1. The molecule has 1 fully saturated rings. The highest BCUT2D eigenvalue weighted by Crippen LogP contribution is 2.32. The van der Waals surface area contributed by atoms with Crippen LogP contribution in [-0.4, -0.2) is 49.1 Å². The molecule has 1 aliphatic heterocycles. The molecule has 8 nitrogen and oxygen atoms in total. The number of amides is 2. The van der Waals surface area contributed by atoms with Crippen LogP contribution in [0.25, 0.3) is 0 Å². The first-order valence-corrected chi connectivity index (χ1v) is 8.72. The summed E-state index contributed by atoms with van der Waals surface area (Å²) in [5, 5.41) is 15.2. The average Bonchev–Trinajstić information content (AvgIpc) is 2.64. The number of halogens is 3. The number of piperidine rings is 1. The Morgan fingerprint density at radius 3 is 2.46 bits per heavy atom. The molecule has 0 radical (unpaired) electrons. The highest BCUT2D eigenvalue weighted by atomic mass is 19.4. The van der Waals surface area contributed by atoms with Gasteiger partial charge in [0.15, 0.2) is 0 Å². The van der Waals surface area contributed by atoms with Gasteiger partial charge in [0.05, 0.1) is 11.5 Å². The van der Waals surface area contributed by atoms with Gasteiger partial charge in [-0.15, -0.1) is 0 Å². The Morgan fingerprint density at radius 1 is 1.25 bits per heavy atom. The number of benzene rings is 1. The van der Waals surface area contributed by atoms with Crippen LogP contribution in [0.3, 0.4) is 0 Å². The molecular formula is C17H21F3N4O4. The lowest BCUT2D eigenvalue weighted by Gasteiger charge is -2.31. The summed E-state index contributed by atoms with van der Waals surface area (Å²) in [7, 11) is 0. The summed E-state index contributed by atoms with van der Waals surface area (Å²) in [6, 6.07) is 3.98. The van der Waals surface area contributed by atoms with Crippen LogP contribution in [0.5, 0.6) is 0 Å². The zero-order chi connectivity index (χ0) is 20.9. The van der Waals surface area contributed by atoms with Gasteiger partial charge in [-0.25, -0.2) is 0 Å².